The second kappa shape index (κ2) is 7.08. The molecule has 0 aliphatic heterocycles. The molecule has 128 valence electrons. The number of hydrogen-bond donors (Lipinski definition) is 1. The van der Waals surface area contributed by atoms with E-state index in [1.165, 1.54) is 23.0 Å². The molecular formula is C17H16FN5O2. The highest BCUT2D eigenvalue weighted by atomic mass is 19.1. The largest absolute Gasteiger partial charge is 0.345 e. The van der Waals surface area contributed by atoms with Gasteiger partial charge in [0.05, 0.1) is 11.7 Å². The third-order valence-electron chi connectivity index (χ3n) is 3.65. The van der Waals surface area contributed by atoms with Gasteiger partial charge in [0, 0.05) is 13.2 Å². The van der Waals surface area contributed by atoms with E-state index in [2.05, 4.69) is 15.4 Å². The lowest BCUT2D eigenvalue weighted by atomic mass is 10.0. The van der Waals surface area contributed by atoms with Crippen LogP contribution in [0.5, 0.6) is 0 Å². The zero-order valence-electron chi connectivity index (χ0n) is 13.5. The number of rotatable bonds is 5. The van der Waals surface area contributed by atoms with Crippen LogP contribution in [0.15, 0.2) is 59.8 Å². The van der Waals surface area contributed by atoms with Crippen LogP contribution in [0.25, 0.3) is 0 Å². The Bertz CT molecular complexity index is 935. The SMILES string of the molecule is Cn1cnn(CC(=O)NC(c2cccc(F)c2)c2ccccn2)c1=O. The van der Waals surface area contributed by atoms with Crippen LogP contribution in [-0.2, 0) is 18.4 Å². The lowest BCUT2D eigenvalue weighted by molar-refractivity contribution is -0.122. The number of amides is 1. The Kier molecular flexibility index (Phi) is 4.69. The Labute approximate surface area is 142 Å². The summed E-state index contributed by atoms with van der Waals surface area (Å²) in [5, 5.41) is 6.64. The first-order valence-corrected chi connectivity index (χ1v) is 7.59. The molecule has 1 N–H and O–H groups in total. The van der Waals surface area contributed by atoms with Gasteiger partial charge in [0.25, 0.3) is 0 Å². The van der Waals surface area contributed by atoms with E-state index in [9.17, 15) is 14.0 Å². The number of hydrogen-bond acceptors (Lipinski definition) is 4. The fourth-order valence-corrected chi connectivity index (χ4v) is 2.43. The Morgan fingerprint density at radius 3 is 2.76 bits per heavy atom. The minimum absolute atomic E-state index is 0.238. The van der Waals surface area contributed by atoms with Crippen molar-refractivity contribution >= 4 is 5.91 Å². The van der Waals surface area contributed by atoms with Gasteiger partial charge in [0.1, 0.15) is 18.7 Å². The third kappa shape index (κ3) is 3.79. The maximum atomic E-state index is 13.6. The molecule has 3 aromatic rings. The van der Waals surface area contributed by atoms with Gasteiger partial charge >= 0.3 is 5.69 Å². The molecule has 0 bridgehead atoms. The van der Waals surface area contributed by atoms with Crippen molar-refractivity contribution in [2.24, 2.45) is 7.05 Å². The minimum Gasteiger partial charge on any atom is -0.342 e. The number of benzene rings is 1. The first kappa shape index (κ1) is 16.6. The third-order valence-corrected chi connectivity index (χ3v) is 3.65. The number of aryl methyl sites for hydroxylation is 1. The summed E-state index contributed by atoms with van der Waals surface area (Å²) >= 11 is 0. The number of nitrogens with zero attached hydrogens (tertiary/aromatic N) is 4. The molecule has 1 unspecified atom stereocenters. The summed E-state index contributed by atoms with van der Waals surface area (Å²) in [6.45, 7) is -0.238. The van der Waals surface area contributed by atoms with Gasteiger partial charge in [-0.1, -0.05) is 18.2 Å². The molecule has 0 fully saturated rings. The molecular weight excluding hydrogens is 325 g/mol. The molecule has 1 aromatic carbocycles. The summed E-state index contributed by atoms with van der Waals surface area (Å²) in [4.78, 5) is 28.4. The molecule has 25 heavy (non-hydrogen) atoms. The molecule has 0 spiro atoms. The monoisotopic (exact) mass is 341 g/mol. The van der Waals surface area contributed by atoms with Crippen molar-refractivity contribution < 1.29 is 9.18 Å². The number of halogens is 1. The van der Waals surface area contributed by atoms with Crippen molar-refractivity contribution in [3.05, 3.63) is 82.5 Å². The van der Waals surface area contributed by atoms with E-state index >= 15 is 0 Å². The van der Waals surface area contributed by atoms with E-state index in [4.69, 9.17) is 0 Å². The number of carbonyl (C=O) groups is 1. The molecule has 0 radical (unpaired) electrons. The molecule has 1 atom stereocenters. The number of nitrogens with one attached hydrogen (secondary N) is 1. The smallest absolute Gasteiger partial charge is 0.342 e. The predicted octanol–water partition coefficient (Wildman–Crippen LogP) is 1.02. The Morgan fingerprint density at radius 2 is 2.12 bits per heavy atom. The van der Waals surface area contributed by atoms with Crippen LogP contribution in [0, 0.1) is 5.82 Å². The first-order chi connectivity index (χ1) is 12.0. The van der Waals surface area contributed by atoms with E-state index in [0.717, 1.165) is 4.68 Å². The molecule has 0 aliphatic rings. The van der Waals surface area contributed by atoms with Crippen LogP contribution in [0.2, 0.25) is 0 Å². The minimum atomic E-state index is -0.635. The second-order valence-corrected chi connectivity index (χ2v) is 5.49. The Morgan fingerprint density at radius 1 is 1.28 bits per heavy atom. The fourth-order valence-electron chi connectivity index (χ4n) is 2.43. The summed E-state index contributed by atoms with van der Waals surface area (Å²) in [6.07, 6.45) is 2.93. The zero-order chi connectivity index (χ0) is 17.8. The average molecular weight is 341 g/mol. The lowest BCUT2D eigenvalue weighted by Gasteiger charge is -2.19. The van der Waals surface area contributed by atoms with Gasteiger partial charge in [0.15, 0.2) is 0 Å². The summed E-state index contributed by atoms with van der Waals surface area (Å²) in [5.41, 5.74) is 0.727. The first-order valence-electron chi connectivity index (χ1n) is 7.59. The highest BCUT2D eigenvalue weighted by Crippen LogP contribution is 2.20. The van der Waals surface area contributed by atoms with Gasteiger partial charge in [-0.25, -0.2) is 13.9 Å². The molecule has 3 rings (SSSR count). The highest BCUT2D eigenvalue weighted by molar-refractivity contribution is 5.76. The van der Waals surface area contributed by atoms with Gasteiger partial charge in [-0.2, -0.15) is 5.10 Å². The van der Waals surface area contributed by atoms with Crippen molar-refractivity contribution in [2.75, 3.05) is 0 Å². The summed E-state index contributed by atoms with van der Waals surface area (Å²) in [5.74, 6) is -0.839. The van der Waals surface area contributed by atoms with Crippen molar-refractivity contribution in [3.8, 4) is 0 Å². The standard InChI is InChI=1S/C17H16FN5O2/c1-22-11-20-23(17(22)25)10-15(24)21-16(14-7-2-3-8-19-14)12-5-4-6-13(18)9-12/h2-9,11,16H,10H2,1H3,(H,21,24). The Balaban J connectivity index is 1.86. The molecule has 0 saturated heterocycles. The number of aromatic nitrogens is 4. The van der Waals surface area contributed by atoms with Crippen LogP contribution in [0.3, 0.4) is 0 Å². The van der Waals surface area contributed by atoms with E-state index in [-0.39, 0.29) is 6.54 Å². The van der Waals surface area contributed by atoms with Crippen LogP contribution in [0.1, 0.15) is 17.3 Å². The molecule has 7 nitrogen and oxygen atoms in total. The van der Waals surface area contributed by atoms with Crippen molar-refractivity contribution in [3.63, 3.8) is 0 Å². The van der Waals surface area contributed by atoms with E-state index in [1.54, 1.807) is 43.6 Å². The van der Waals surface area contributed by atoms with E-state index < -0.39 is 23.5 Å². The van der Waals surface area contributed by atoms with Gasteiger partial charge in [-0.05, 0) is 29.8 Å². The van der Waals surface area contributed by atoms with Gasteiger partial charge in [0.2, 0.25) is 5.91 Å². The normalized spacial score (nSPS) is 11.9. The summed E-state index contributed by atoms with van der Waals surface area (Å²) < 4.78 is 15.9. The fraction of sp³-hybridized carbons (Fsp3) is 0.176. The second-order valence-electron chi connectivity index (χ2n) is 5.49. The molecule has 0 saturated carbocycles. The van der Waals surface area contributed by atoms with Crippen LogP contribution in [0.4, 0.5) is 4.39 Å². The maximum Gasteiger partial charge on any atom is 0.345 e. The van der Waals surface area contributed by atoms with Crippen molar-refractivity contribution in [2.45, 2.75) is 12.6 Å². The van der Waals surface area contributed by atoms with Gasteiger partial charge in [-0.15, -0.1) is 0 Å². The van der Waals surface area contributed by atoms with E-state index in [1.807, 2.05) is 0 Å². The van der Waals surface area contributed by atoms with Gasteiger partial charge in [-0.3, -0.25) is 14.3 Å². The summed E-state index contributed by atoms with van der Waals surface area (Å²) in [6, 6.07) is 10.6. The summed E-state index contributed by atoms with van der Waals surface area (Å²) in [7, 11) is 1.55. The molecule has 2 heterocycles. The van der Waals surface area contributed by atoms with Crippen LogP contribution >= 0.6 is 0 Å². The molecule has 2 aromatic heterocycles. The number of carbonyl (C=O) groups excluding carboxylic acids is 1. The topological polar surface area (TPSA) is 81.8 Å². The quantitative estimate of drug-likeness (QED) is 0.751. The highest BCUT2D eigenvalue weighted by Gasteiger charge is 2.19. The molecule has 1 amide bonds. The van der Waals surface area contributed by atoms with Crippen LogP contribution in [-0.4, -0.2) is 25.2 Å². The Hall–Kier alpha value is -3.29. The predicted molar refractivity (Wildman–Crippen MR) is 88.1 cm³/mol. The number of pyridine rings is 1. The zero-order valence-corrected chi connectivity index (χ0v) is 13.5. The molecule has 8 heteroatoms. The average Bonchev–Trinajstić information content (AvgIpc) is 2.92. The van der Waals surface area contributed by atoms with E-state index in [0.29, 0.717) is 11.3 Å². The molecule has 0 aliphatic carbocycles. The maximum absolute atomic E-state index is 13.6. The van der Waals surface area contributed by atoms with Crippen molar-refractivity contribution in [1.82, 2.24) is 24.6 Å². The lowest BCUT2D eigenvalue weighted by Crippen LogP contribution is -2.36. The van der Waals surface area contributed by atoms with Crippen molar-refractivity contribution in [1.29, 1.82) is 0 Å². The van der Waals surface area contributed by atoms with Crippen LogP contribution < -0.4 is 11.0 Å². The van der Waals surface area contributed by atoms with Gasteiger partial charge < -0.3 is 5.32 Å².